The lowest BCUT2D eigenvalue weighted by Gasteiger charge is -2.01. The minimum absolute atomic E-state index is 0.133. The van der Waals surface area contributed by atoms with Crippen molar-refractivity contribution in [1.82, 2.24) is 0 Å². The molecule has 0 spiro atoms. The highest BCUT2D eigenvalue weighted by molar-refractivity contribution is 5.23. The van der Waals surface area contributed by atoms with Crippen LogP contribution in [0.3, 0.4) is 0 Å². The van der Waals surface area contributed by atoms with E-state index in [0.717, 1.165) is 12.8 Å². The maximum Gasteiger partial charge on any atom is 0.126 e. The summed E-state index contributed by atoms with van der Waals surface area (Å²) in [4.78, 5) is 0. The monoisotopic (exact) mass is 167 g/mol. The highest BCUT2D eigenvalue weighted by Crippen LogP contribution is 2.10. The third-order valence-corrected chi connectivity index (χ3v) is 1.89. The van der Waals surface area contributed by atoms with Crippen LogP contribution in [0.5, 0.6) is 0 Å². The topological polar surface area (TPSA) is 26.0 Å². The Balaban J connectivity index is 2.69. The maximum atomic E-state index is 12.8. The molecule has 66 valence electrons. The number of hydrogen-bond donors (Lipinski definition) is 1. The predicted molar refractivity (Wildman–Crippen MR) is 48.5 cm³/mol. The average Bonchev–Trinajstić information content (AvgIpc) is 2.07. The van der Waals surface area contributed by atoms with Gasteiger partial charge in [-0.15, -0.1) is 0 Å². The lowest BCUT2D eigenvalue weighted by molar-refractivity contribution is 0.617. The van der Waals surface area contributed by atoms with Crippen LogP contribution in [0, 0.1) is 12.7 Å². The molecule has 0 aliphatic carbocycles. The van der Waals surface area contributed by atoms with Crippen molar-refractivity contribution < 1.29 is 4.39 Å². The number of nitrogens with two attached hydrogens (primary N) is 1. The normalized spacial score (nSPS) is 10.2. The van der Waals surface area contributed by atoms with Crippen LogP contribution < -0.4 is 5.73 Å². The fraction of sp³-hybridized carbons (Fsp3) is 0.400. The summed E-state index contributed by atoms with van der Waals surface area (Å²) in [7, 11) is 0. The molecule has 2 N–H and O–H groups in total. The van der Waals surface area contributed by atoms with Gasteiger partial charge in [-0.2, -0.15) is 0 Å². The molecular weight excluding hydrogens is 153 g/mol. The number of hydrogen-bond acceptors (Lipinski definition) is 1. The van der Waals surface area contributed by atoms with E-state index >= 15 is 0 Å². The molecule has 0 fully saturated rings. The molecule has 1 rings (SSSR count). The van der Waals surface area contributed by atoms with Gasteiger partial charge in [0, 0.05) is 0 Å². The van der Waals surface area contributed by atoms with E-state index in [4.69, 9.17) is 5.73 Å². The number of benzene rings is 1. The quantitative estimate of drug-likeness (QED) is 0.732. The molecule has 0 saturated heterocycles. The Morgan fingerprint density at radius 2 is 2.17 bits per heavy atom. The Labute approximate surface area is 72.4 Å². The van der Waals surface area contributed by atoms with Crippen molar-refractivity contribution in [2.45, 2.75) is 19.8 Å². The molecule has 0 saturated carbocycles. The van der Waals surface area contributed by atoms with Crippen molar-refractivity contribution >= 4 is 0 Å². The largest absolute Gasteiger partial charge is 0.330 e. The highest BCUT2D eigenvalue weighted by Gasteiger charge is 1.97. The molecule has 0 unspecified atom stereocenters. The van der Waals surface area contributed by atoms with Crippen LogP contribution in [0.4, 0.5) is 4.39 Å². The molecule has 0 atom stereocenters. The van der Waals surface area contributed by atoms with Gasteiger partial charge in [-0.1, -0.05) is 12.1 Å². The molecule has 1 nitrogen and oxygen atoms in total. The SMILES string of the molecule is Cc1cc(CCCN)ccc1F. The van der Waals surface area contributed by atoms with Gasteiger partial charge >= 0.3 is 0 Å². The van der Waals surface area contributed by atoms with Gasteiger partial charge in [0.15, 0.2) is 0 Å². The van der Waals surface area contributed by atoms with Crippen LogP contribution in [0.2, 0.25) is 0 Å². The third kappa shape index (κ3) is 2.31. The van der Waals surface area contributed by atoms with Gasteiger partial charge in [-0.05, 0) is 43.5 Å². The molecule has 0 aliphatic heterocycles. The second kappa shape index (κ2) is 4.21. The van der Waals surface area contributed by atoms with Crippen molar-refractivity contribution in [1.29, 1.82) is 0 Å². The summed E-state index contributed by atoms with van der Waals surface area (Å²) in [5.74, 6) is -0.133. The molecular formula is C10H14FN. The van der Waals surface area contributed by atoms with E-state index < -0.39 is 0 Å². The lowest BCUT2D eigenvalue weighted by atomic mass is 10.1. The Morgan fingerprint density at radius 3 is 2.75 bits per heavy atom. The minimum Gasteiger partial charge on any atom is -0.330 e. The summed E-state index contributed by atoms with van der Waals surface area (Å²) in [5.41, 5.74) is 7.25. The van der Waals surface area contributed by atoms with Crippen LogP contribution in [0.1, 0.15) is 17.5 Å². The minimum atomic E-state index is -0.133. The number of rotatable bonds is 3. The second-order valence-electron chi connectivity index (χ2n) is 2.98. The molecule has 2 heteroatoms. The molecule has 0 bridgehead atoms. The summed E-state index contributed by atoms with van der Waals surface area (Å²) in [6, 6.07) is 5.21. The number of halogens is 1. The zero-order valence-corrected chi connectivity index (χ0v) is 7.31. The zero-order valence-electron chi connectivity index (χ0n) is 7.31. The van der Waals surface area contributed by atoms with Crippen LogP contribution in [0.25, 0.3) is 0 Å². The molecule has 0 aromatic heterocycles. The van der Waals surface area contributed by atoms with E-state index in [9.17, 15) is 4.39 Å². The van der Waals surface area contributed by atoms with E-state index in [-0.39, 0.29) is 5.82 Å². The van der Waals surface area contributed by atoms with E-state index in [1.165, 1.54) is 11.6 Å². The van der Waals surface area contributed by atoms with E-state index in [2.05, 4.69) is 0 Å². The molecule has 0 radical (unpaired) electrons. The summed E-state index contributed by atoms with van der Waals surface area (Å²) in [6.07, 6.45) is 1.91. The molecule has 1 aromatic carbocycles. The standard InChI is InChI=1S/C10H14FN/c1-8-7-9(3-2-6-12)4-5-10(8)11/h4-5,7H,2-3,6,12H2,1H3. The van der Waals surface area contributed by atoms with Crippen molar-refractivity contribution in [2.75, 3.05) is 6.54 Å². The van der Waals surface area contributed by atoms with Crippen molar-refractivity contribution in [3.8, 4) is 0 Å². The van der Waals surface area contributed by atoms with E-state index in [1.54, 1.807) is 6.92 Å². The molecule has 0 amide bonds. The highest BCUT2D eigenvalue weighted by atomic mass is 19.1. The second-order valence-corrected chi connectivity index (χ2v) is 2.98. The van der Waals surface area contributed by atoms with Crippen LogP contribution in [-0.2, 0) is 6.42 Å². The summed E-state index contributed by atoms with van der Waals surface area (Å²) < 4.78 is 12.8. The van der Waals surface area contributed by atoms with Crippen molar-refractivity contribution in [3.05, 3.63) is 35.1 Å². The number of aryl methyl sites for hydroxylation is 2. The van der Waals surface area contributed by atoms with E-state index in [0.29, 0.717) is 12.1 Å². The first-order chi connectivity index (χ1) is 5.74. The Hall–Kier alpha value is -0.890. The first-order valence-electron chi connectivity index (χ1n) is 4.19. The van der Waals surface area contributed by atoms with Crippen molar-refractivity contribution in [2.24, 2.45) is 5.73 Å². The predicted octanol–water partition coefficient (Wildman–Crippen LogP) is 2.03. The van der Waals surface area contributed by atoms with Gasteiger partial charge < -0.3 is 5.73 Å². The van der Waals surface area contributed by atoms with Gasteiger partial charge in [0.2, 0.25) is 0 Å². The Bertz CT molecular complexity index is 258. The smallest absolute Gasteiger partial charge is 0.126 e. The third-order valence-electron chi connectivity index (χ3n) is 1.89. The Morgan fingerprint density at radius 1 is 1.42 bits per heavy atom. The van der Waals surface area contributed by atoms with Gasteiger partial charge in [0.25, 0.3) is 0 Å². The van der Waals surface area contributed by atoms with Gasteiger partial charge in [0.1, 0.15) is 5.82 Å². The molecule has 0 heterocycles. The summed E-state index contributed by atoms with van der Waals surface area (Å²) in [6.45, 7) is 2.47. The van der Waals surface area contributed by atoms with Gasteiger partial charge in [-0.25, -0.2) is 4.39 Å². The van der Waals surface area contributed by atoms with Crippen LogP contribution >= 0.6 is 0 Å². The van der Waals surface area contributed by atoms with E-state index in [1.807, 2.05) is 12.1 Å². The molecule has 1 aromatic rings. The summed E-state index contributed by atoms with van der Waals surface area (Å²) in [5, 5.41) is 0. The fourth-order valence-corrected chi connectivity index (χ4v) is 1.17. The Kier molecular flexibility index (Phi) is 3.23. The molecule has 12 heavy (non-hydrogen) atoms. The molecule has 0 aliphatic rings. The first kappa shape index (κ1) is 9.20. The van der Waals surface area contributed by atoms with Gasteiger partial charge in [-0.3, -0.25) is 0 Å². The zero-order chi connectivity index (χ0) is 8.97. The van der Waals surface area contributed by atoms with Crippen LogP contribution in [0.15, 0.2) is 18.2 Å². The average molecular weight is 167 g/mol. The van der Waals surface area contributed by atoms with Gasteiger partial charge in [0.05, 0.1) is 0 Å². The maximum absolute atomic E-state index is 12.8. The lowest BCUT2D eigenvalue weighted by Crippen LogP contribution is -2.00. The summed E-state index contributed by atoms with van der Waals surface area (Å²) >= 11 is 0. The fourth-order valence-electron chi connectivity index (χ4n) is 1.17. The van der Waals surface area contributed by atoms with Crippen LogP contribution in [-0.4, -0.2) is 6.54 Å². The van der Waals surface area contributed by atoms with Crippen molar-refractivity contribution in [3.63, 3.8) is 0 Å². The first-order valence-corrected chi connectivity index (χ1v) is 4.19.